The first kappa shape index (κ1) is 22.1. The number of thioether (sulfide) groups is 1. The number of nitrogens with zero attached hydrogens (tertiary/aromatic N) is 1. The number of nitrogens with one attached hydrogen (secondary N) is 1. The molecule has 0 aromatic heterocycles. The number of carbonyl (C=O) groups is 3. The number of amides is 2. The molecule has 0 aliphatic carbocycles. The van der Waals surface area contributed by atoms with E-state index in [4.69, 9.17) is 27.9 Å². The van der Waals surface area contributed by atoms with Gasteiger partial charge in [0.2, 0.25) is 5.91 Å². The van der Waals surface area contributed by atoms with Crippen LogP contribution in [-0.4, -0.2) is 49.1 Å². The lowest BCUT2D eigenvalue weighted by molar-refractivity contribution is -0.132. The Balaban J connectivity index is 1.97. The van der Waals surface area contributed by atoms with Gasteiger partial charge in [-0.25, -0.2) is 4.79 Å². The summed E-state index contributed by atoms with van der Waals surface area (Å²) in [6.45, 7) is -0.346. The second kappa shape index (κ2) is 10.4. The first-order chi connectivity index (χ1) is 13.3. The molecular formula is C19H18Cl2N2O4S. The Morgan fingerprint density at radius 1 is 1.07 bits per heavy atom. The van der Waals surface area contributed by atoms with Crippen molar-refractivity contribution in [3.05, 3.63) is 58.1 Å². The number of benzene rings is 2. The zero-order chi connectivity index (χ0) is 20.7. The van der Waals surface area contributed by atoms with Crippen LogP contribution in [0, 0.1) is 0 Å². The van der Waals surface area contributed by atoms with E-state index >= 15 is 0 Å². The molecule has 0 atom stereocenters. The average Bonchev–Trinajstić information content (AvgIpc) is 2.63. The molecule has 0 radical (unpaired) electrons. The largest absolute Gasteiger partial charge is 0.452 e. The van der Waals surface area contributed by atoms with Crippen LogP contribution < -0.4 is 5.32 Å². The monoisotopic (exact) mass is 440 g/mol. The molecule has 0 saturated carbocycles. The molecule has 0 aliphatic heterocycles. The van der Waals surface area contributed by atoms with E-state index in [0.717, 1.165) is 0 Å². The summed E-state index contributed by atoms with van der Waals surface area (Å²) in [7, 11) is 3.15. The van der Waals surface area contributed by atoms with E-state index in [0.29, 0.717) is 20.6 Å². The summed E-state index contributed by atoms with van der Waals surface area (Å²) in [6.07, 6.45) is 0. The van der Waals surface area contributed by atoms with E-state index in [1.807, 2.05) is 0 Å². The Morgan fingerprint density at radius 2 is 1.71 bits per heavy atom. The highest BCUT2D eigenvalue weighted by atomic mass is 35.5. The minimum absolute atomic E-state index is 0.0606. The quantitative estimate of drug-likeness (QED) is 0.520. The van der Waals surface area contributed by atoms with Crippen molar-refractivity contribution < 1.29 is 19.1 Å². The summed E-state index contributed by atoms with van der Waals surface area (Å²) in [6, 6.07) is 11.5. The molecule has 148 valence electrons. The molecule has 0 saturated heterocycles. The lowest BCUT2D eigenvalue weighted by Gasteiger charge is -2.12. The first-order valence-corrected chi connectivity index (χ1v) is 9.85. The van der Waals surface area contributed by atoms with Crippen LogP contribution in [0.2, 0.25) is 10.0 Å². The molecule has 0 bridgehead atoms. The lowest BCUT2D eigenvalue weighted by Crippen LogP contribution is -2.27. The van der Waals surface area contributed by atoms with Crippen molar-refractivity contribution in [2.45, 2.75) is 4.90 Å². The highest BCUT2D eigenvalue weighted by molar-refractivity contribution is 8.00. The Morgan fingerprint density at radius 3 is 2.36 bits per heavy atom. The van der Waals surface area contributed by atoms with Crippen LogP contribution in [0.15, 0.2) is 47.4 Å². The first-order valence-electron chi connectivity index (χ1n) is 8.11. The number of anilines is 1. The summed E-state index contributed by atoms with van der Waals surface area (Å²) in [5.41, 5.74) is 0.774. The smallest absolute Gasteiger partial charge is 0.339 e. The van der Waals surface area contributed by atoms with Crippen molar-refractivity contribution in [2.24, 2.45) is 0 Å². The number of halogens is 2. The molecule has 0 aliphatic rings. The van der Waals surface area contributed by atoms with Gasteiger partial charge < -0.3 is 15.0 Å². The summed E-state index contributed by atoms with van der Waals surface area (Å²) in [5, 5.41) is 3.53. The molecule has 9 heteroatoms. The molecule has 2 rings (SSSR count). The van der Waals surface area contributed by atoms with E-state index in [-0.39, 0.29) is 29.7 Å². The number of likely N-dealkylation sites (N-methyl/N-ethyl adjacent to an activating group) is 1. The van der Waals surface area contributed by atoms with E-state index in [2.05, 4.69) is 5.32 Å². The van der Waals surface area contributed by atoms with E-state index < -0.39 is 5.97 Å². The van der Waals surface area contributed by atoms with E-state index in [1.54, 1.807) is 56.6 Å². The summed E-state index contributed by atoms with van der Waals surface area (Å²) in [4.78, 5) is 37.9. The molecule has 6 nitrogen and oxygen atoms in total. The predicted octanol–water partition coefficient (Wildman–Crippen LogP) is 3.97. The van der Waals surface area contributed by atoms with E-state index in [1.165, 1.54) is 16.7 Å². The zero-order valence-corrected chi connectivity index (χ0v) is 17.5. The Hall–Kier alpha value is -2.22. The molecule has 0 spiro atoms. The number of hydrogen-bond acceptors (Lipinski definition) is 5. The third-order valence-electron chi connectivity index (χ3n) is 3.44. The summed E-state index contributed by atoms with van der Waals surface area (Å²) >= 11 is 13.0. The van der Waals surface area contributed by atoms with Gasteiger partial charge in [0.05, 0.1) is 11.3 Å². The second-order valence-corrected chi connectivity index (χ2v) is 7.75. The van der Waals surface area contributed by atoms with Crippen LogP contribution in [0.25, 0.3) is 0 Å². The fourth-order valence-electron chi connectivity index (χ4n) is 2.06. The van der Waals surface area contributed by atoms with Crippen LogP contribution >= 0.6 is 35.0 Å². The van der Waals surface area contributed by atoms with Crippen LogP contribution in [0.1, 0.15) is 10.4 Å². The van der Waals surface area contributed by atoms with Gasteiger partial charge >= 0.3 is 5.97 Å². The standard InChI is InChI=1S/C19H18Cl2N2O4S/c1-23(2)18(25)10-27-19(26)15-5-3-4-6-16(15)28-11-17(24)22-14-8-12(20)7-13(21)9-14/h3-9H,10-11H2,1-2H3,(H,22,24). The highest BCUT2D eigenvalue weighted by Gasteiger charge is 2.16. The molecule has 1 N–H and O–H groups in total. The Bertz CT molecular complexity index is 870. The van der Waals surface area contributed by atoms with Crippen LogP contribution in [0.4, 0.5) is 5.69 Å². The van der Waals surface area contributed by atoms with Gasteiger partial charge in [-0.1, -0.05) is 35.3 Å². The molecule has 2 amide bonds. The fraction of sp³-hybridized carbons (Fsp3) is 0.211. The predicted molar refractivity (Wildman–Crippen MR) is 111 cm³/mol. The van der Waals surface area contributed by atoms with Crippen molar-refractivity contribution in [3.8, 4) is 0 Å². The minimum atomic E-state index is -0.625. The molecule has 2 aromatic rings. The van der Waals surface area contributed by atoms with Crippen molar-refractivity contribution in [2.75, 3.05) is 31.8 Å². The van der Waals surface area contributed by atoms with Crippen LogP contribution in [0.5, 0.6) is 0 Å². The normalized spacial score (nSPS) is 10.3. The van der Waals surface area contributed by atoms with Gasteiger partial charge in [-0.05, 0) is 30.3 Å². The topological polar surface area (TPSA) is 75.7 Å². The maximum Gasteiger partial charge on any atom is 0.339 e. The summed E-state index contributed by atoms with van der Waals surface area (Å²) < 4.78 is 5.05. The maximum atomic E-state index is 12.3. The van der Waals surface area contributed by atoms with Crippen molar-refractivity contribution >= 4 is 58.4 Å². The van der Waals surface area contributed by atoms with Crippen molar-refractivity contribution in [1.82, 2.24) is 4.90 Å². The molecule has 28 heavy (non-hydrogen) atoms. The number of esters is 1. The van der Waals surface area contributed by atoms with Gasteiger partial charge in [0.15, 0.2) is 6.61 Å². The molecular weight excluding hydrogens is 423 g/mol. The van der Waals surface area contributed by atoms with Gasteiger partial charge in [0.1, 0.15) is 0 Å². The van der Waals surface area contributed by atoms with Crippen molar-refractivity contribution in [1.29, 1.82) is 0 Å². The van der Waals surface area contributed by atoms with Gasteiger partial charge in [0.25, 0.3) is 5.91 Å². The molecule has 0 heterocycles. The number of carbonyl (C=O) groups excluding carboxylic acids is 3. The SMILES string of the molecule is CN(C)C(=O)COC(=O)c1ccccc1SCC(=O)Nc1cc(Cl)cc(Cl)c1. The van der Waals surface area contributed by atoms with Crippen LogP contribution in [0.3, 0.4) is 0 Å². The van der Waals surface area contributed by atoms with Gasteiger partial charge in [0, 0.05) is 34.7 Å². The maximum absolute atomic E-state index is 12.3. The molecule has 0 unspecified atom stereocenters. The minimum Gasteiger partial charge on any atom is -0.452 e. The summed E-state index contributed by atoms with van der Waals surface area (Å²) in [5.74, 6) is -1.17. The molecule has 2 aromatic carbocycles. The zero-order valence-electron chi connectivity index (χ0n) is 15.2. The van der Waals surface area contributed by atoms with Crippen LogP contribution in [-0.2, 0) is 14.3 Å². The number of ether oxygens (including phenoxy) is 1. The van der Waals surface area contributed by atoms with Gasteiger partial charge in [-0.3, -0.25) is 9.59 Å². The van der Waals surface area contributed by atoms with Crippen molar-refractivity contribution in [3.63, 3.8) is 0 Å². The number of hydrogen-bond donors (Lipinski definition) is 1. The molecule has 0 fully saturated rings. The van der Waals surface area contributed by atoms with Gasteiger partial charge in [-0.2, -0.15) is 0 Å². The number of rotatable bonds is 7. The second-order valence-electron chi connectivity index (χ2n) is 5.86. The third kappa shape index (κ3) is 6.74. The van der Waals surface area contributed by atoms with Gasteiger partial charge in [-0.15, -0.1) is 11.8 Å². The fourth-order valence-corrected chi connectivity index (χ4v) is 3.43. The van der Waals surface area contributed by atoms with E-state index in [9.17, 15) is 14.4 Å². The lowest BCUT2D eigenvalue weighted by atomic mass is 10.2. The highest BCUT2D eigenvalue weighted by Crippen LogP contribution is 2.25. The third-order valence-corrected chi connectivity index (χ3v) is 4.95. The Kier molecular flexibility index (Phi) is 8.17. The average molecular weight is 441 g/mol. The Labute approximate surface area is 177 Å².